The van der Waals surface area contributed by atoms with E-state index < -0.39 is 16.5 Å². The van der Waals surface area contributed by atoms with Crippen molar-refractivity contribution in [1.82, 2.24) is 3.61 Å². The van der Waals surface area contributed by atoms with E-state index in [0.717, 1.165) is 6.42 Å². The number of allylic oxidation sites excluding steroid dienone is 2. The minimum absolute atomic E-state index is 0.267. The SMILES string of the molecule is CC[CH2][Ga]([CH2]CC)[N](C)/C(=C\C(=O)CC)CC. The van der Waals surface area contributed by atoms with E-state index in [1.807, 2.05) is 13.0 Å². The van der Waals surface area contributed by atoms with Gasteiger partial charge in [-0.25, -0.2) is 0 Å². The van der Waals surface area contributed by atoms with Crippen LogP contribution in [0, 0.1) is 0 Å². The fraction of sp³-hybridized carbons (Fsp3) is 0.786. The maximum atomic E-state index is 11.5. The van der Waals surface area contributed by atoms with E-state index in [0.29, 0.717) is 6.42 Å². The second-order valence-corrected chi connectivity index (χ2v) is 11.4. The van der Waals surface area contributed by atoms with Gasteiger partial charge >= 0.3 is 113 Å². The number of hydrogen-bond acceptors (Lipinski definition) is 2. The molecule has 0 unspecified atom stereocenters. The van der Waals surface area contributed by atoms with Gasteiger partial charge in [-0.1, -0.05) is 0 Å². The second-order valence-electron chi connectivity index (χ2n) is 4.65. The van der Waals surface area contributed by atoms with Crippen LogP contribution in [0.5, 0.6) is 0 Å². The molecular formula is C14H28GaNO. The van der Waals surface area contributed by atoms with Crippen molar-refractivity contribution in [3.05, 3.63) is 11.8 Å². The number of hydrogen-bond donors (Lipinski definition) is 0. The molecule has 0 saturated carbocycles. The normalized spacial score (nSPS) is 11.5. The number of carbonyl (C=O) groups is 1. The molecule has 0 heterocycles. The molecule has 0 aliphatic rings. The Hall–Kier alpha value is -0.154. The van der Waals surface area contributed by atoms with Gasteiger partial charge in [0.1, 0.15) is 0 Å². The van der Waals surface area contributed by atoms with Crippen molar-refractivity contribution >= 4 is 22.2 Å². The molecule has 0 aromatic rings. The zero-order chi connectivity index (χ0) is 13.3. The zero-order valence-electron chi connectivity index (χ0n) is 12.3. The molecule has 2 nitrogen and oxygen atoms in total. The number of carbonyl (C=O) groups excluding carboxylic acids is 1. The predicted molar refractivity (Wildman–Crippen MR) is 77.4 cm³/mol. The molecule has 0 rings (SSSR count). The molecule has 3 heteroatoms. The van der Waals surface area contributed by atoms with Crippen LogP contribution < -0.4 is 0 Å². The fourth-order valence-corrected chi connectivity index (χ4v) is 8.72. The van der Waals surface area contributed by atoms with E-state index in [2.05, 4.69) is 31.4 Å². The Morgan fingerprint density at radius 1 is 1.06 bits per heavy atom. The van der Waals surface area contributed by atoms with Gasteiger partial charge in [0.2, 0.25) is 0 Å². The fourth-order valence-electron chi connectivity index (χ4n) is 2.17. The van der Waals surface area contributed by atoms with Crippen LogP contribution in [0.15, 0.2) is 11.8 Å². The Balaban J connectivity index is 4.73. The Morgan fingerprint density at radius 2 is 1.59 bits per heavy atom. The third-order valence-corrected chi connectivity index (χ3v) is 11.5. The molecule has 0 aliphatic heterocycles. The Labute approximate surface area is 113 Å². The topological polar surface area (TPSA) is 20.3 Å². The monoisotopic (exact) mass is 295 g/mol. The quantitative estimate of drug-likeness (QED) is 0.473. The summed E-state index contributed by atoms with van der Waals surface area (Å²) in [5.41, 5.74) is 1.27. The van der Waals surface area contributed by atoms with Crippen molar-refractivity contribution in [2.45, 2.75) is 63.3 Å². The number of nitrogens with zero attached hydrogens (tertiary/aromatic N) is 1. The summed E-state index contributed by atoms with van der Waals surface area (Å²) in [5.74, 6) is 0.267. The van der Waals surface area contributed by atoms with Gasteiger partial charge in [0.25, 0.3) is 0 Å². The predicted octanol–water partition coefficient (Wildman–Crippen LogP) is 4.00. The van der Waals surface area contributed by atoms with Gasteiger partial charge in [0.15, 0.2) is 0 Å². The average molecular weight is 296 g/mol. The summed E-state index contributed by atoms with van der Waals surface area (Å²) in [6.07, 6.45) is 6.05. The molecule has 98 valence electrons. The first-order valence-electron chi connectivity index (χ1n) is 7.06. The first kappa shape index (κ1) is 16.8. The molecular weight excluding hydrogens is 268 g/mol. The molecule has 0 bridgehead atoms. The van der Waals surface area contributed by atoms with Gasteiger partial charge in [0, 0.05) is 0 Å². The first-order chi connectivity index (χ1) is 8.10. The Morgan fingerprint density at radius 3 is 1.94 bits per heavy atom. The summed E-state index contributed by atoms with van der Waals surface area (Å²) in [7, 11) is 2.22. The third kappa shape index (κ3) is 6.37. The van der Waals surface area contributed by atoms with Gasteiger partial charge < -0.3 is 0 Å². The minimum atomic E-state index is -1.37. The van der Waals surface area contributed by atoms with Crippen LogP contribution in [0.2, 0.25) is 9.95 Å². The molecule has 0 fully saturated rings. The van der Waals surface area contributed by atoms with E-state index in [-0.39, 0.29) is 5.78 Å². The van der Waals surface area contributed by atoms with Gasteiger partial charge in [0.05, 0.1) is 0 Å². The Kier molecular flexibility index (Phi) is 9.74. The summed E-state index contributed by atoms with van der Waals surface area (Å²) in [4.78, 5) is 14.3. The van der Waals surface area contributed by atoms with E-state index >= 15 is 0 Å². The van der Waals surface area contributed by atoms with Crippen LogP contribution in [0.3, 0.4) is 0 Å². The third-order valence-electron chi connectivity index (χ3n) is 3.28. The van der Waals surface area contributed by atoms with Crippen LogP contribution in [0.1, 0.15) is 53.4 Å². The van der Waals surface area contributed by atoms with Gasteiger partial charge in [-0.05, 0) is 0 Å². The molecule has 0 spiro atoms. The van der Waals surface area contributed by atoms with E-state index in [1.54, 1.807) is 0 Å². The average Bonchev–Trinajstić information content (AvgIpc) is 2.34. The van der Waals surface area contributed by atoms with Gasteiger partial charge in [-0.3, -0.25) is 0 Å². The zero-order valence-corrected chi connectivity index (χ0v) is 14.7. The molecule has 0 radical (unpaired) electrons. The van der Waals surface area contributed by atoms with Crippen molar-refractivity contribution in [3.8, 4) is 0 Å². The summed E-state index contributed by atoms with van der Waals surface area (Å²) in [5, 5.41) is 0. The molecule has 0 aliphatic carbocycles. The van der Waals surface area contributed by atoms with Crippen molar-refractivity contribution in [2.75, 3.05) is 7.05 Å². The maximum absolute atomic E-state index is 11.5. The Bertz CT molecular complexity index is 245. The van der Waals surface area contributed by atoms with Crippen LogP contribution in [0.25, 0.3) is 0 Å². The molecule has 0 amide bonds. The first-order valence-corrected chi connectivity index (χ1v) is 11.6. The second kappa shape index (κ2) is 9.83. The van der Waals surface area contributed by atoms with E-state index in [4.69, 9.17) is 0 Å². The summed E-state index contributed by atoms with van der Waals surface area (Å²) >= 11 is -1.37. The van der Waals surface area contributed by atoms with Crippen molar-refractivity contribution in [3.63, 3.8) is 0 Å². The number of ketones is 1. The van der Waals surface area contributed by atoms with Crippen LogP contribution in [-0.2, 0) is 4.79 Å². The van der Waals surface area contributed by atoms with Crippen LogP contribution in [-0.4, -0.2) is 32.9 Å². The standard InChI is InChI=1S/C8H15NO.2C3H7.Ga/c1-4-7(9-3)6-8(10)5-2;2*1-3-2;/h6H,4-5H2,1-3H3,(H,9,10);2*1,3H2,2H3;/q;;;+1/p-1. The molecule has 0 N–H and O–H groups in total. The van der Waals surface area contributed by atoms with Crippen LogP contribution in [0.4, 0.5) is 0 Å². The van der Waals surface area contributed by atoms with Crippen molar-refractivity contribution < 1.29 is 4.79 Å². The summed E-state index contributed by atoms with van der Waals surface area (Å²) in [6, 6.07) is 0. The van der Waals surface area contributed by atoms with Crippen molar-refractivity contribution in [1.29, 1.82) is 0 Å². The van der Waals surface area contributed by atoms with E-state index in [1.165, 1.54) is 28.5 Å². The number of rotatable bonds is 9. The summed E-state index contributed by atoms with van der Waals surface area (Å²) in [6.45, 7) is 8.63. The van der Waals surface area contributed by atoms with Crippen molar-refractivity contribution in [2.24, 2.45) is 0 Å². The molecule has 0 aromatic heterocycles. The van der Waals surface area contributed by atoms with E-state index in [9.17, 15) is 4.79 Å². The molecule has 17 heavy (non-hydrogen) atoms. The molecule has 0 aromatic carbocycles. The summed E-state index contributed by atoms with van der Waals surface area (Å²) < 4.78 is 2.51. The molecule has 0 saturated heterocycles. The van der Waals surface area contributed by atoms with Gasteiger partial charge in [-0.15, -0.1) is 0 Å². The van der Waals surface area contributed by atoms with Crippen LogP contribution >= 0.6 is 0 Å². The van der Waals surface area contributed by atoms with Gasteiger partial charge in [-0.2, -0.15) is 0 Å². The molecule has 0 atom stereocenters.